The van der Waals surface area contributed by atoms with Crippen LogP contribution in [-0.2, 0) is 19.6 Å². The van der Waals surface area contributed by atoms with Crippen molar-refractivity contribution >= 4 is 44.6 Å². The summed E-state index contributed by atoms with van der Waals surface area (Å²) in [5.74, 6) is -1.39. The molecule has 2 heterocycles. The van der Waals surface area contributed by atoms with Crippen LogP contribution < -0.4 is 10.0 Å². The fourth-order valence-corrected chi connectivity index (χ4v) is 4.14. The molecule has 0 spiro atoms. The van der Waals surface area contributed by atoms with Crippen molar-refractivity contribution in [3.8, 4) is 0 Å². The largest absolute Gasteiger partial charge is 0.447 e. The summed E-state index contributed by atoms with van der Waals surface area (Å²) in [5, 5.41) is 2.62. The number of aryl methyl sites for hydroxylation is 1. The Balaban J connectivity index is 1.40. The summed E-state index contributed by atoms with van der Waals surface area (Å²) in [6.07, 6.45) is 1.87. The van der Waals surface area contributed by atoms with Gasteiger partial charge in [-0.3, -0.25) is 9.78 Å². The topological polar surface area (TPSA) is 153 Å². The molecule has 2 aromatic heterocycles. The molecule has 1 atom stereocenters. The van der Waals surface area contributed by atoms with Gasteiger partial charge in [0.15, 0.2) is 11.8 Å². The van der Waals surface area contributed by atoms with Crippen molar-refractivity contribution in [2.24, 2.45) is 0 Å². The Morgan fingerprint density at radius 3 is 2.39 bits per heavy atom. The van der Waals surface area contributed by atoms with Gasteiger partial charge in [0, 0.05) is 17.6 Å². The Labute approximate surface area is 207 Å². The standard InChI is InChI=1S/C24H22N6O5S/c1-3-21(35-23(32)20-14-26-18-6-4-5-7-19(18)29-20)22(31)28-16-8-10-17(11-9-16)36(33,34)30-24-25-13-12-15(2)27-24/h4-14,21H,3H2,1-2H3,(H,28,31)(H,25,27,30). The van der Waals surface area contributed by atoms with Crippen LogP contribution in [0.15, 0.2) is 71.9 Å². The number of nitrogens with one attached hydrogen (secondary N) is 2. The smallest absolute Gasteiger partial charge is 0.359 e. The second-order valence-corrected chi connectivity index (χ2v) is 9.37. The second-order valence-electron chi connectivity index (χ2n) is 7.69. The van der Waals surface area contributed by atoms with E-state index in [1.54, 1.807) is 38.1 Å². The molecule has 4 rings (SSSR count). The molecule has 36 heavy (non-hydrogen) atoms. The van der Waals surface area contributed by atoms with Gasteiger partial charge < -0.3 is 10.1 Å². The number of rotatable bonds is 8. The van der Waals surface area contributed by atoms with Gasteiger partial charge in [-0.1, -0.05) is 19.1 Å². The summed E-state index contributed by atoms with van der Waals surface area (Å²) < 4.78 is 32.8. The molecule has 0 saturated heterocycles. The van der Waals surface area contributed by atoms with Crippen molar-refractivity contribution in [3.63, 3.8) is 0 Å². The maximum atomic E-state index is 12.7. The normalized spacial score (nSPS) is 12.1. The summed E-state index contributed by atoms with van der Waals surface area (Å²) in [5.41, 5.74) is 2.08. The van der Waals surface area contributed by atoms with Crippen LogP contribution in [0.5, 0.6) is 0 Å². The van der Waals surface area contributed by atoms with E-state index < -0.39 is 28.0 Å². The first-order valence-corrected chi connectivity index (χ1v) is 12.4. The number of aromatic nitrogens is 4. The number of ether oxygens (including phenoxy) is 1. The molecule has 0 radical (unpaired) electrons. The number of para-hydroxylation sites is 2. The number of carbonyl (C=O) groups excluding carboxylic acids is 2. The van der Waals surface area contributed by atoms with Crippen molar-refractivity contribution in [2.45, 2.75) is 31.3 Å². The monoisotopic (exact) mass is 506 g/mol. The molecule has 0 aliphatic heterocycles. The molecule has 184 valence electrons. The van der Waals surface area contributed by atoms with Crippen LogP contribution in [0.2, 0.25) is 0 Å². The number of esters is 1. The Morgan fingerprint density at radius 1 is 0.972 bits per heavy atom. The van der Waals surface area contributed by atoms with E-state index in [0.717, 1.165) is 0 Å². The molecule has 2 N–H and O–H groups in total. The number of amides is 1. The highest BCUT2D eigenvalue weighted by Gasteiger charge is 2.24. The van der Waals surface area contributed by atoms with Crippen LogP contribution in [0.1, 0.15) is 29.5 Å². The number of nitrogens with zero attached hydrogens (tertiary/aromatic N) is 4. The number of fused-ring (bicyclic) bond motifs is 1. The average molecular weight is 507 g/mol. The van der Waals surface area contributed by atoms with E-state index in [1.807, 2.05) is 6.07 Å². The van der Waals surface area contributed by atoms with Crippen molar-refractivity contribution in [1.29, 1.82) is 0 Å². The van der Waals surface area contributed by atoms with Crippen molar-refractivity contribution < 1.29 is 22.7 Å². The lowest BCUT2D eigenvalue weighted by Crippen LogP contribution is -2.32. The van der Waals surface area contributed by atoms with E-state index >= 15 is 0 Å². The highest BCUT2D eigenvalue weighted by Crippen LogP contribution is 2.18. The fraction of sp³-hybridized carbons (Fsp3) is 0.167. The average Bonchev–Trinajstić information content (AvgIpc) is 2.86. The van der Waals surface area contributed by atoms with Gasteiger partial charge >= 0.3 is 5.97 Å². The zero-order valence-electron chi connectivity index (χ0n) is 19.4. The van der Waals surface area contributed by atoms with E-state index in [4.69, 9.17) is 4.74 Å². The number of anilines is 2. The lowest BCUT2D eigenvalue weighted by Gasteiger charge is -2.16. The molecular formula is C24H22N6O5S. The number of benzene rings is 2. The van der Waals surface area contributed by atoms with Gasteiger partial charge in [-0.2, -0.15) is 0 Å². The maximum absolute atomic E-state index is 12.7. The van der Waals surface area contributed by atoms with Gasteiger partial charge in [-0.25, -0.2) is 32.9 Å². The predicted octanol–water partition coefficient (Wildman–Crippen LogP) is 3.10. The summed E-state index contributed by atoms with van der Waals surface area (Å²) in [6, 6.07) is 14.2. The Bertz CT molecular complexity index is 1530. The van der Waals surface area contributed by atoms with Gasteiger partial charge in [-0.05, 0) is 55.8 Å². The van der Waals surface area contributed by atoms with E-state index in [9.17, 15) is 18.0 Å². The molecule has 4 aromatic rings. The molecule has 0 saturated carbocycles. The van der Waals surface area contributed by atoms with Crippen LogP contribution in [0.3, 0.4) is 0 Å². The molecule has 1 unspecified atom stereocenters. The minimum atomic E-state index is -3.93. The molecule has 1 amide bonds. The first-order valence-electron chi connectivity index (χ1n) is 10.9. The van der Waals surface area contributed by atoms with Crippen molar-refractivity contribution in [3.05, 3.63) is 78.4 Å². The third kappa shape index (κ3) is 5.78. The van der Waals surface area contributed by atoms with E-state index in [-0.39, 0.29) is 23.0 Å². The first-order chi connectivity index (χ1) is 17.2. The van der Waals surface area contributed by atoms with Crippen LogP contribution in [0, 0.1) is 6.92 Å². The molecule has 0 aliphatic rings. The number of hydrogen-bond donors (Lipinski definition) is 2. The van der Waals surface area contributed by atoms with E-state index in [2.05, 4.69) is 30.0 Å². The van der Waals surface area contributed by atoms with Crippen molar-refractivity contribution in [2.75, 3.05) is 10.0 Å². The number of hydrogen-bond acceptors (Lipinski definition) is 9. The quantitative estimate of drug-likeness (QED) is 0.343. The van der Waals surface area contributed by atoms with Gasteiger partial charge in [0.25, 0.3) is 15.9 Å². The van der Waals surface area contributed by atoms with Crippen LogP contribution in [-0.4, -0.2) is 46.3 Å². The molecule has 0 aliphatic carbocycles. The summed E-state index contributed by atoms with van der Waals surface area (Å²) in [4.78, 5) is 41.5. The van der Waals surface area contributed by atoms with Crippen LogP contribution >= 0.6 is 0 Å². The highest BCUT2D eigenvalue weighted by atomic mass is 32.2. The van der Waals surface area contributed by atoms with Gasteiger partial charge in [0.05, 0.1) is 22.1 Å². The third-order valence-corrected chi connectivity index (χ3v) is 6.37. The second kappa shape index (κ2) is 10.4. The highest BCUT2D eigenvalue weighted by molar-refractivity contribution is 7.92. The number of sulfonamides is 1. The maximum Gasteiger partial charge on any atom is 0.359 e. The predicted molar refractivity (Wildman–Crippen MR) is 132 cm³/mol. The fourth-order valence-electron chi connectivity index (χ4n) is 3.18. The zero-order valence-corrected chi connectivity index (χ0v) is 20.2. The summed E-state index contributed by atoms with van der Waals surface area (Å²) >= 11 is 0. The first kappa shape index (κ1) is 24.7. The van der Waals surface area contributed by atoms with Gasteiger partial charge in [-0.15, -0.1) is 0 Å². The number of carbonyl (C=O) groups is 2. The third-order valence-electron chi connectivity index (χ3n) is 5.02. The molecule has 0 fully saturated rings. The minimum absolute atomic E-state index is 0.0143. The lowest BCUT2D eigenvalue weighted by atomic mass is 10.2. The Morgan fingerprint density at radius 2 is 1.69 bits per heavy atom. The lowest BCUT2D eigenvalue weighted by molar-refractivity contribution is -0.124. The Hall–Kier alpha value is -4.45. The molecule has 2 aromatic carbocycles. The van der Waals surface area contributed by atoms with Gasteiger partial charge in [0.2, 0.25) is 5.95 Å². The van der Waals surface area contributed by atoms with Crippen LogP contribution in [0.25, 0.3) is 11.0 Å². The molecule has 11 nitrogen and oxygen atoms in total. The van der Waals surface area contributed by atoms with E-state index in [1.165, 1.54) is 36.7 Å². The zero-order chi connectivity index (χ0) is 25.7. The molecular weight excluding hydrogens is 484 g/mol. The Kier molecular flexibility index (Phi) is 7.15. The SMILES string of the molecule is CCC(OC(=O)c1cnc2ccccc2n1)C(=O)Nc1ccc(S(=O)(=O)Nc2nccc(C)n2)cc1. The molecule has 0 bridgehead atoms. The van der Waals surface area contributed by atoms with Crippen molar-refractivity contribution in [1.82, 2.24) is 19.9 Å². The minimum Gasteiger partial charge on any atom is -0.447 e. The van der Waals surface area contributed by atoms with Gasteiger partial charge in [0.1, 0.15) is 0 Å². The van der Waals surface area contributed by atoms with Crippen LogP contribution in [0.4, 0.5) is 11.6 Å². The summed E-state index contributed by atoms with van der Waals surface area (Å²) in [6.45, 7) is 3.41. The summed E-state index contributed by atoms with van der Waals surface area (Å²) in [7, 11) is -3.93. The van der Waals surface area contributed by atoms with E-state index in [0.29, 0.717) is 22.4 Å². The molecule has 12 heteroatoms.